The van der Waals surface area contributed by atoms with Crippen molar-refractivity contribution in [3.63, 3.8) is 0 Å². The molecular formula is C18H8F3N3. The van der Waals surface area contributed by atoms with Gasteiger partial charge in [-0.1, -0.05) is 36.4 Å². The van der Waals surface area contributed by atoms with Gasteiger partial charge >= 0.3 is 0 Å². The van der Waals surface area contributed by atoms with Crippen molar-refractivity contribution in [2.75, 3.05) is 0 Å². The average Bonchev–Trinajstić information content (AvgIpc) is 2.92. The zero-order valence-electron chi connectivity index (χ0n) is 12.1. The summed E-state index contributed by atoms with van der Waals surface area (Å²) in [6.45, 7) is 0. The van der Waals surface area contributed by atoms with E-state index >= 15 is 0 Å². The Bertz CT molecular complexity index is 1100. The Labute approximate surface area is 134 Å². The number of pyridine rings is 1. The first-order chi connectivity index (χ1) is 11.6. The van der Waals surface area contributed by atoms with E-state index in [0.29, 0.717) is 11.0 Å². The first-order valence-corrected chi connectivity index (χ1v) is 7.06. The van der Waals surface area contributed by atoms with Crippen LogP contribution in [0.15, 0.2) is 48.5 Å². The smallest absolute Gasteiger partial charge is 0.253 e. The zero-order valence-corrected chi connectivity index (χ0v) is 12.1. The Morgan fingerprint density at radius 3 is 1.92 bits per heavy atom. The molecule has 0 fully saturated rings. The Kier molecular flexibility index (Phi) is 3.03. The second-order valence-corrected chi connectivity index (χ2v) is 5.21. The molecule has 0 N–H and O–H groups in total. The van der Waals surface area contributed by atoms with Gasteiger partial charge in [-0.3, -0.25) is 0 Å². The molecule has 4 rings (SSSR count). The van der Waals surface area contributed by atoms with Crippen LogP contribution >= 0.6 is 0 Å². The molecule has 0 aliphatic carbocycles. The second-order valence-electron chi connectivity index (χ2n) is 5.21. The standard InChI is InChI=1S/C18H8F3N3/c19-15-12(9-22)16(18(21)23-17(15)20)24-13-7-3-1-5-10(13)11-6-2-4-8-14(11)24/h1-8H. The van der Waals surface area contributed by atoms with Crippen LogP contribution in [0.25, 0.3) is 27.5 Å². The largest absolute Gasteiger partial charge is 0.304 e. The number of aromatic nitrogens is 2. The van der Waals surface area contributed by atoms with E-state index in [1.165, 1.54) is 4.57 Å². The molecule has 0 amide bonds. The SMILES string of the molecule is N#Cc1c(F)c(F)nc(F)c1-n1c2ccccc2c2ccccc21. The summed E-state index contributed by atoms with van der Waals surface area (Å²) in [6.07, 6.45) is 0. The minimum atomic E-state index is -1.63. The first kappa shape index (κ1) is 14.3. The van der Waals surface area contributed by atoms with Crippen molar-refractivity contribution in [1.82, 2.24) is 9.55 Å². The van der Waals surface area contributed by atoms with Crippen molar-refractivity contribution in [3.05, 3.63) is 71.8 Å². The van der Waals surface area contributed by atoms with Crippen LogP contribution in [0.3, 0.4) is 0 Å². The van der Waals surface area contributed by atoms with Crippen LogP contribution < -0.4 is 0 Å². The van der Waals surface area contributed by atoms with Crippen molar-refractivity contribution in [2.45, 2.75) is 0 Å². The maximum absolute atomic E-state index is 14.4. The summed E-state index contributed by atoms with van der Waals surface area (Å²) in [5, 5.41) is 10.8. The zero-order chi connectivity index (χ0) is 16.8. The molecule has 3 nitrogen and oxygen atoms in total. The van der Waals surface area contributed by atoms with Crippen LogP contribution in [0.2, 0.25) is 0 Å². The predicted molar refractivity (Wildman–Crippen MR) is 83.2 cm³/mol. The highest BCUT2D eigenvalue weighted by atomic mass is 19.2. The topological polar surface area (TPSA) is 41.6 Å². The summed E-state index contributed by atoms with van der Waals surface area (Å²) in [5.74, 6) is -4.33. The Morgan fingerprint density at radius 2 is 1.38 bits per heavy atom. The van der Waals surface area contributed by atoms with E-state index in [-0.39, 0.29) is 0 Å². The number of fused-ring (bicyclic) bond motifs is 3. The van der Waals surface area contributed by atoms with E-state index < -0.39 is 29.0 Å². The molecule has 2 heterocycles. The fraction of sp³-hybridized carbons (Fsp3) is 0. The molecule has 6 heteroatoms. The van der Waals surface area contributed by atoms with E-state index in [0.717, 1.165) is 10.8 Å². The molecule has 2 aromatic carbocycles. The third-order valence-electron chi connectivity index (χ3n) is 3.94. The Balaban J connectivity index is 2.27. The molecule has 0 bridgehead atoms. The van der Waals surface area contributed by atoms with Gasteiger partial charge in [0.2, 0.25) is 5.95 Å². The molecule has 0 saturated carbocycles. The average molecular weight is 323 g/mol. The maximum Gasteiger partial charge on any atom is 0.253 e. The molecule has 0 spiro atoms. The highest BCUT2D eigenvalue weighted by Gasteiger charge is 2.24. The molecule has 0 saturated heterocycles. The van der Waals surface area contributed by atoms with E-state index in [1.807, 2.05) is 24.3 Å². The van der Waals surface area contributed by atoms with Crippen LogP contribution in [0.5, 0.6) is 0 Å². The van der Waals surface area contributed by atoms with Gasteiger partial charge in [-0.25, -0.2) is 4.39 Å². The van der Waals surface area contributed by atoms with Crippen molar-refractivity contribution in [3.8, 4) is 11.8 Å². The fourth-order valence-electron chi connectivity index (χ4n) is 2.97. The van der Waals surface area contributed by atoms with Crippen molar-refractivity contribution < 1.29 is 13.2 Å². The van der Waals surface area contributed by atoms with Crippen molar-refractivity contribution >= 4 is 21.8 Å². The van der Waals surface area contributed by atoms with Crippen molar-refractivity contribution in [1.29, 1.82) is 5.26 Å². The Morgan fingerprint density at radius 1 is 0.833 bits per heavy atom. The summed E-state index contributed by atoms with van der Waals surface area (Å²) in [4.78, 5) is 2.97. The first-order valence-electron chi connectivity index (χ1n) is 7.06. The summed E-state index contributed by atoms with van der Waals surface area (Å²) in [7, 11) is 0. The number of halogens is 3. The van der Waals surface area contributed by atoms with Crippen LogP contribution in [-0.2, 0) is 0 Å². The van der Waals surface area contributed by atoms with Crippen LogP contribution in [0, 0.1) is 29.0 Å². The third kappa shape index (κ3) is 1.82. The number of benzene rings is 2. The lowest BCUT2D eigenvalue weighted by Gasteiger charge is -2.11. The summed E-state index contributed by atoms with van der Waals surface area (Å²) in [6, 6.07) is 15.8. The number of rotatable bonds is 1. The molecular weight excluding hydrogens is 315 g/mol. The van der Waals surface area contributed by atoms with Gasteiger partial charge in [-0.15, -0.1) is 0 Å². The number of nitrogens with zero attached hydrogens (tertiary/aromatic N) is 3. The van der Waals surface area contributed by atoms with Gasteiger partial charge in [0.15, 0.2) is 5.82 Å². The predicted octanol–water partition coefficient (Wildman–Crippen LogP) is 4.47. The van der Waals surface area contributed by atoms with Gasteiger partial charge in [-0.2, -0.15) is 19.0 Å². The number of hydrogen-bond donors (Lipinski definition) is 0. The lowest BCUT2D eigenvalue weighted by molar-refractivity contribution is 0.443. The van der Waals surface area contributed by atoms with E-state index in [1.54, 1.807) is 30.3 Å². The van der Waals surface area contributed by atoms with Crippen LogP contribution in [0.1, 0.15) is 5.56 Å². The molecule has 0 radical (unpaired) electrons. The fourth-order valence-corrected chi connectivity index (χ4v) is 2.97. The van der Waals surface area contributed by atoms with Gasteiger partial charge < -0.3 is 4.57 Å². The molecule has 4 aromatic rings. The van der Waals surface area contributed by atoms with E-state index in [4.69, 9.17) is 0 Å². The molecule has 0 aliphatic heterocycles. The highest BCUT2D eigenvalue weighted by Crippen LogP contribution is 2.34. The monoisotopic (exact) mass is 323 g/mol. The summed E-state index contributed by atoms with van der Waals surface area (Å²) in [5.41, 5.74) is 0.0316. The minimum absolute atomic E-state index is 0.395. The highest BCUT2D eigenvalue weighted by molar-refractivity contribution is 6.09. The van der Waals surface area contributed by atoms with Crippen molar-refractivity contribution in [2.24, 2.45) is 0 Å². The Hall–Kier alpha value is -3.33. The summed E-state index contributed by atoms with van der Waals surface area (Å²) < 4.78 is 43.2. The lowest BCUT2D eigenvalue weighted by atomic mass is 10.2. The van der Waals surface area contributed by atoms with Gasteiger partial charge in [0.25, 0.3) is 5.95 Å². The van der Waals surface area contributed by atoms with Crippen LogP contribution in [0.4, 0.5) is 13.2 Å². The maximum atomic E-state index is 14.4. The van der Waals surface area contributed by atoms with Gasteiger partial charge in [0.05, 0.1) is 11.0 Å². The minimum Gasteiger partial charge on any atom is -0.304 e. The lowest BCUT2D eigenvalue weighted by Crippen LogP contribution is -2.08. The van der Waals surface area contributed by atoms with Crippen LogP contribution in [-0.4, -0.2) is 9.55 Å². The summed E-state index contributed by atoms with van der Waals surface area (Å²) >= 11 is 0. The molecule has 116 valence electrons. The van der Waals surface area contributed by atoms with E-state index in [2.05, 4.69) is 4.98 Å². The second kappa shape index (κ2) is 5.10. The quantitative estimate of drug-likeness (QED) is 0.485. The normalized spacial score (nSPS) is 11.1. The molecule has 24 heavy (non-hydrogen) atoms. The number of para-hydroxylation sites is 2. The third-order valence-corrected chi connectivity index (χ3v) is 3.94. The number of hydrogen-bond acceptors (Lipinski definition) is 2. The van der Waals surface area contributed by atoms with Gasteiger partial charge in [0, 0.05) is 10.8 Å². The molecule has 0 atom stereocenters. The molecule has 2 aromatic heterocycles. The van der Waals surface area contributed by atoms with E-state index in [9.17, 15) is 18.4 Å². The number of nitriles is 1. The van der Waals surface area contributed by atoms with Gasteiger partial charge in [0.1, 0.15) is 17.3 Å². The molecule has 0 aliphatic rings. The van der Waals surface area contributed by atoms with Gasteiger partial charge in [-0.05, 0) is 12.1 Å². The molecule has 0 unspecified atom stereocenters.